The van der Waals surface area contributed by atoms with E-state index in [1.807, 2.05) is 42.5 Å². The van der Waals surface area contributed by atoms with Crippen LogP contribution in [0.4, 0.5) is 0 Å². The van der Waals surface area contributed by atoms with Gasteiger partial charge in [-0.15, -0.1) is 0 Å². The van der Waals surface area contributed by atoms with Crippen molar-refractivity contribution in [2.75, 3.05) is 7.11 Å². The highest BCUT2D eigenvalue weighted by molar-refractivity contribution is 9.10. The first-order valence-corrected chi connectivity index (χ1v) is 12.0. The highest BCUT2D eigenvalue weighted by atomic mass is 79.9. The summed E-state index contributed by atoms with van der Waals surface area (Å²) in [6, 6.07) is 13.2. The normalized spacial score (nSPS) is 11.4. The largest absolute Gasteiger partial charge is 0.532 e. The average molecular weight is 420 g/mol. The highest BCUT2D eigenvalue weighted by Gasteiger charge is 2.16. The molecule has 0 spiro atoms. The minimum Gasteiger partial charge on any atom is -0.532 e. The average Bonchev–Trinajstić information content (AvgIpc) is 2.54. The molecular weight excluding hydrogens is 398 g/mol. The van der Waals surface area contributed by atoms with Gasteiger partial charge in [0.05, 0.1) is 7.11 Å². The summed E-state index contributed by atoms with van der Waals surface area (Å²) in [5, 5.41) is 0. The molecule has 2 aromatic rings. The Balaban J connectivity index is 2.20. The number of hydrogen-bond acceptors (Lipinski definition) is 4. The van der Waals surface area contributed by atoms with Gasteiger partial charge in [-0.3, -0.25) is 0 Å². The van der Waals surface area contributed by atoms with Gasteiger partial charge in [-0.2, -0.15) is 0 Å². The molecule has 0 N–H and O–H groups in total. The van der Waals surface area contributed by atoms with Crippen molar-refractivity contribution in [3.63, 3.8) is 0 Å². The Morgan fingerprint density at radius 1 is 1.08 bits per heavy atom. The summed E-state index contributed by atoms with van der Waals surface area (Å²) >= 11 is 3.48. The number of ether oxygens (including phenoxy) is 2. The molecule has 0 aliphatic rings. The van der Waals surface area contributed by atoms with Crippen LogP contribution in [0.25, 0.3) is 0 Å². The van der Waals surface area contributed by atoms with Gasteiger partial charge < -0.3 is 13.9 Å². The van der Waals surface area contributed by atoms with Gasteiger partial charge in [0.2, 0.25) is 8.32 Å². The molecule has 0 amide bonds. The molecular formula is C19H22BrNO3Si. The van der Waals surface area contributed by atoms with Crippen LogP contribution in [0.2, 0.25) is 19.6 Å². The Kier molecular flexibility index (Phi) is 6.44. The van der Waals surface area contributed by atoms with Gasteiger partial charge in [0.1, 0.15) is 17.2 Å². The lowest BCUT2D eigenvalue weighted by atomic mass is 10.2. The van der Waals surface area contributed by atoms with Crippen molar-refractivity contribution in [2.45, 2.75) is 19.6 Å². The van der Waals surface area contributed by atoms with Gasteiger partial charge >= 0.3 is 0 Å². The van der Waals surface area contributed by atoms with E-state index < -0.39 is 8.32 Å². The van der Waals surface area contributed by atoms with Crippen molar-refractivity contribution < 1.29 is 13.9 Å². The molecule has 2 aromatic carbocycles. The standard InChI is InChI=1S/C19H22BrNO3Si/c1-14(24-25(3,4)5)21-13-15-12-16(20)6-11-19(15)23-18-9-7-17(22-2)8-10-18/h6-13H,1H2,2-5H3/b21-13+. The van der Waals surface area contributed by atoms with Crippen molar-refractivity contribution in [1.29, 1.82) is 0 Å². The minimum absolute atomic E-state index is 0.412. The maximum Gasteiger partial charge on any atom is 0.244 e. The zero-order chi connectivity index (χ0) is 18.4. The maximum absolute atomic E-state index is 5.97. The summed E-state index contributed by atoms with van der Waals surface area (Å²) in [7, 11) is -0.0852. The van der Waals surface area contributed by atoms with E-state index >= 15 is 0 Å². The molecule has 0 saturated carbocycles. The number of aliphatic imine (C=N–C) groups is 1. The fourth-order valence-corrected chi connectivity index (χ4v) is 3.14. The molecule has 0 atom stereocenters. The third-order valence-corrected chi connectivity index (χ3v) is 4.37. The van der Waals surface area contributed by atoms with Crippen LogP contribution in [0.3, 0.4) is 0 Å². The number of benzene rings is 2. The van der Waals surface area contributed by atoms with E-state index in [1.165, 1.54) is 0 Å². The predicted octanol–water partition coefficient (Wildman–Crippen LogP) is 5.99. The summed E-state index contributed by atoms with van der Waals surface area (Å²) in [5.74, 6) is 2.60. The smallest absolute Gasteiger partial charge is 0.244 e. The first kappa shape index (κ1) is 19.3. The molecule has 0 bridgehead atoms. The molecule has 6 heteroatoms. The van der Waals surface area contributed by atoms with Crippen LogP contribution in [0.15, 0.2) is 64.4 Å². The Labute approximate surface area is 158 Å². The third kappa shape index (κ3) is 6.40. The van der Waals surface area contributed by atoms with Crippen LogP contribution < -0.4 is 9.47 Å². The number of hydrogen-bond donors (Lipinski definition) is 0. The second kappa shape index (κ2) is 8.36. The van der Waals surface area contributed by atoms with E-state index in [0.29, 0.717) is 11.6 Å². The van der Waals surface area contributed by atoms with Gasteiger partial charge in [-0.05, 0) is 68.7 Å². The fraction of sp³-hybridized carbons (Fsp3) is 0.211. The van der Waals surface area contributed by atoms with Gasteiger partial charge in [-0.25, -0.2) is 4.99 Å². The molecule has 0 saturated heterocycles. The topological polar surface area (TPSA) is 40.0 Å². The van der Waals surface area contributed by atoms with E-state index in [-0.39, 0.29) is 0 Å². The molecule has 2 rings (SSSR count). The van der Waals surface area contributed by atoms with Crippen LogP contribution in [0.5, 0.6) is 17.2 Å². The monoisotopic (exact) mass is 419 g/mol. The Morgan fingerprint density at radius 3 is 2.32 bits per heavy atom. The molecule has 0 aliphatic heterocycles. The highest BCUT2D eigenvalue weighted by Crippen LogP contribution is 2.28. The van der Waals surface area contributed by atoms with Crippen LogP contribution in [0.1, 0.15) is 5.56 Å². The van der Waals surface area contributed by atoms with Crippen LogP contribution in [-0.4, -0.2) is 21.6 Å². The molecule has 132 valence electrons. The number of rotatable bonds is 7. The molecule has 0 aromatic heterocycles. The number of nitrogens with zero attached hydrogens (tertiary/aromatic N) is 1. The van der Waals surface area contributed by atoms with E-state index in [0.717, 1.165) is 21.5 Å². The van der Waals surface area contributed by atoms with Crippen molar-refractivity contribution in [3.05, 3.63) is 65.0 Å². The SMILES string of the molecule is C=C(/N=C/c1cc(Br)ccc1Oc1ccc(OC)cc1)O[Si](C)(C)C. The van der Waals surface area contributed by atoms with Gasteiger partial charge in [0.25, 0.3) is 0 Å². The first-order valence-electron chi connectivity index (χ1n) is 7.80. The summed E-state index contributed by atoms with van der Waals surface area (Å²) < 4.78 is 17.8. The van der Waals surface area contributed by atoms with Crippen molar-refractivity contribution >= 4 is 30.5 Å². The van der Waals surface area contributed by atoms with Gasteiger partial charge in [-0.1, -0.05) is 15.9 Å². The number of halogens is 1. The first-order chi connectivity index (χ1) is 11.8. The van der Waals surface area contributed by atoms with Gasteiger partial charge in [0, 0.05) is 16.3 Å². The molecule has 0 aliphatic carbocycles. The van der Waals surface area contributed by atoms with Crippen LogP contribution in [-0.2, 0) is 4.43 Å². The molecule has 25 heavy (non-hydrogen) atoms. The van der Waals surface area contributed by atoms with Crippen molar-refractivity contribution in [2.24, 2.45) is 4.99 Å². The number of methoxy groups -OCH3 is 1. The second-order valence-electron chi connectivity index (χ2n) is 6.33. The Morgan fingerprint density at radius 2 is 1.72 bits per heavy atom. The van der Waals surface area contributed by atoms with Crippen molar-refractivity contribution in [3.8, 4) is 17.2 Å². The lowest BCUT2D eigenvalue weighted by Crippen LogP contribution is -2.24. The third-order valence-electron chi connectivity index (χ3n) is 3.03. The zero-order valence-electron chi connectivity index (χ0n) is 14.9. The van der Waals surface area contributed by atoms with E-state index in [1.54, 1.807) is 13.3 Å². The summed E-state index contributed by atoms with van der Waals surface area (Å²) in [6.45, 7) is 10.1. The second-order valence-corrected chi connectivity index (χ2v) is 11.7. The Bertz CT molecular complexity index is 767. The minimum atomic E-state index is -1.72. The summed E-state index contributed by atoms with van der Waals surface area (Å²) in [4.78, 5) is 4.32. The Hall–Kier alpha value is -2.05. The maximum atomic E-state index is 5.97. The van der Waals surface area contributed by atoms with Crippen LogP contribution >= 0.6 is 15.9 Å². The predicted molar refractivity (Wildman–Crippen MR) is 108 cm³/mol. The quantitative estimate of drug-likeness (QED) is 0.314. The van der Waals surface area contributed by atoms with E-state index in [2.05, 4.69) is 47.1 Å². The molecule has 0 radical (unpaired) electrons. The summed E-state index contributed by atoms with van der Waals surface area (Å²) in [6.07, 6.45) is 1.70. The lowest BCUT2D eigenvalue weighted by molar-refractivity contribution is 0.412. The van der Waals surface area contributed by atoms with Crippen molar-refractivity contribution in [1.82, 2.24) is 0 Å². The van der Waals surface area contributed by atoms with E-state index in [4.69, 9.17) is 13.9 Å². The lowest BCUT2D eigenvalue weighted by Gasteiger charge is -2.18. The molecule has 0 unspecified atom stereocenters. The molecule has 0 heterocycles. The van der Waals surface area contributed by atoms with Crippen LogP contribution in [0, 0.1) is 0 Å². The summed E-state index contributed by atoms with van der Waals surface area (Å²) in [5.41, 5.74) is 0.825. The van der Waals surface area contributed by atoms with E-state index in [9.17, 15) is 0 Å². The van der Waals surface area contributed by atoms with Gasteiger partial charge in [0.15, 0.2) is 5.88 Å². The fourth-order valence-electron chi connectivity index (χ4n) is 2.01. The molecule has 0 fully saturated rings. The zero-order valence-corrected chi connectivity index (χ0v) is 17.5. The molecule has 4 nitrogen and oxygen atoms in total.